The maximum Gasteiger partial charge on any atom is 0.0961 e. The van der Waals surface area contributed by atoms with Crippen molar-refractivity contribution in [2.45, 2.75) is 19.9 Å². The van der Waals surface area contributed by atoms with Crippen molar-refractivity contribution < 1.29 is 5.11 Å². The van der Waals surface area contributed by atoms with Crippen LogP contribution in [-0.2, 0) is 0 Å². The lowest BCUT2D eigenvalue weighted by Crippen LogP contribution is -2.18. The van der Waals surface area contributed by atoms with Gasteiger partial charge in [-0.05, 0) is 18.1 Å². The highest BCUT2D eigenvalue weighted by Crippen LogP contribution is 2.22. The van der Waals surface area contributed by atoms with E-state index in [4.69, 9.17) is 0 Å². The molecule has 0 saturated heterocycles. The van der Waals surface area contributed by atoms with Crippen molar-refractivity contribution in [2.24, 2.45) is 5.92 Å². The molecule has 0 aliphatic heterocycles. The first-order valence-electron chi connectivity index (χ1n) is 5.26. The molecule has 1 N–H and O–H groups in total. The van der Waals surface area contributed by atoms with Gasteiger partial charge in [0.15, 0.2) is 0 Å². The van der Waals surface area contributed by atoms with Gasteiger partial charge in [-0.2, -0.15) is 0 Å². The molecule has 0 fully saturated rings. The predicted octanol–water partition coefficient (Wildman–Crippen LogP) is 2.23. The first-order chi connectivity index (χ1) is 7.24. The van der Waals surface area contributed by atoms with Gasteiger partial charge in [0.25, 0.3) is 0 Å². The molecule has 0 amide bonds. The fourth-order valence-electron chi connectivity index (χ4n) is 1.86. The number of aromatic nitrogens is 2. The Morgan fingerprint density at radius 3 is 2.73 bits per heavy atom. The molecule has 3 nitrogen and oxygen atoms in total. The molecular weight excluding hydrogens is 188 g/mol. The van der Waals surface area contributed by atoms with Crippen LogP contribution in [0.5, 0.6) is 0 Å². The highest BCUT2D eigenvalue weighted by atomic mass is 16.3. The molecule has 2 aromatic rings. The summed E-state index contributed by atoms with van der Waals surface area (Å²) in [5.74, 6) is 0.396. The van der Waals surface area contributed by atoms with Gasteiger partial charge in [0, 0.05) is 0 Å². The number of hydrogen-bond acceptors (Lipinski definition) is 2. The third-order valence-electron chi connectivity index (χ3n) is 2.80. The topological polar surface area (TPSA) is 38.0 Å². The Morgan fingerprint density at radius 2 is 2.07 bits per heavy atom. The van der Waals surface area contributed by atoms with Crippen LogP contribution in [0.25, 0.3) is 11.0 Å². The van der Waals surface area contributed by atoms with Crippen molar-refractivity contribution in [1.29, 1.82) is 0 Å². The second-order valence-corrected chi connectivity index (χ2v) is 4.13. The van der Waals surface area contributed by atoms with Crippen LogP contribution in [-0.4, -0.2) is 21.3 Å². The summed E-state index contributed by atoms with van der Waals surface area (Å²) in [5.41, 5.74) is 2.07. The lowest BCUT2D eigenvalue weighted by atomic mass is 10.1. The second kappa shape index (κ2) is 4.03. The molecule has 3 heteroatoms. The number of aliphatic hydroxyl groups is 1. The zero-order valence-corrected chi connectivity index (χ0v) is 9.09. The Labute approximate surface area is 89.4 Å². The van der Waals surface area contributed by atoms with E-state index >= 15 is 0 Å². The Bertz CT molecular complexity index is 448. The lowest BCUT2D eigenvalue weighted by Gasteiger charge is -2.20. The highest BCUT2D eigenvalue weighted by Gasteiger charge is 2.16. The summed E-state index contributed by atoms with van der Waals surface area (Å²) in [4.78, 5) is 4.32. The van der Waals surface area contributed by atoms with Crippen LogP contribution in [0.1, 0.15) is 19.9 Å². The summed E-state index contributed by atoms with van der Waals surface area (Å²) in [5, 5.41) is 9.38. The SMILES string of the molecule is CC(C)[C@@H](CO)n1cnc2ccccc21. The maximum absolute atomic E-state index is 9.38. The molecule has 1 aromatic carbocycles. The second-order valence-electron chi connectivity index (χ2n) is 4.13. The molecule has 0 saturated carbocycles. The van der Waals surface area contributed by atoms with Crippen molar-refractivity contribution in [2.75, 3.05) is 6.61 Å². The number of benzene rings is 1. The molecule has 80 valence electrons. The average molecular weight is 204 g/mol. The van der Waals surface area contributed by atoms with Crippen LogP contribution in [0.2, 0.25) is 0 Å². The number of fused-ring (bicyclic) bond motifs is 1. The summed E-state index contributed by atoms with van der Waals surface area (Å²) < 4.78 is 2.06. The van der Waals surface area contributed by atoms with Crippen LogP contribution >= 0.6 is 0 Å². The van der Waals surface area contributed by atoms with E-state index in [1.54, 1.807) is 0 Å². The van der Waals surface area contributed by atoms with E-state index in [9.17, 15) is 5.11 Å². The normalized spacial score (nSPS) is 13.6. The highest BCUT2D eigenvalue weighted by molar-refractivity contribution is 5.75. The fourth-order valence-corrected chi connectivity index (χ4v) is 1.86. The van der Waals surface area contributed by atoms with Crippen molar-refractivity contribution in [1.82, 2.24) is 9.55 Å². The number of rotatable bonds is 3. The lowest BCUT2D eigenvalue weighted by molar-refractivity contribution is 0.196. The van der Waals surface area contributed by atoms with E-state index in [1.807, 2.05) is 30.6 Å². The number of imidazole rings is 1. The van der Waals surface area contributed by atoms with Gasteiger partial charge in [-0.25, -0.2) is 4.98 Å². The minimum atomic E-state index is 0.109. The first-order valence-corrected chi connectivity index (χ1v) is 5.26. The predicted molar refractivity (Wildman–Crippen MR) is 60.7 cm³/mol. The summed E-state index contributed by atoms with van der Waals surface area (Å²) in [6.07, 6.45) is 1.81. The molecule has 1 heterocycles. The van der Waals surface area contributed by atoms with Gasteiger partial charge in [0.1, 0.15) is 0 Å². The van der Waals surface area contributed by atoms with Crippen LogP contribution < -0.4 is 0 Å². The van der Waals surface area contributed by atoms with Crippen LogP contribution in [0.3, 0.4) is 0 Å². The molecule has 0 bridgehead atoms. The third-order valence-corrected chi connectivity index (χ3v) is 2.80. The van der Waals surface area contributed by atoms with Gasteiger partial charge >= 0.3 is 0 Å². The quantitative estimate of drug-likeness (QED) is 0.832. The van der Waals surface area contributed by atoms with Crippen LogP contribution in [0.15, 0.2) is 30.6 Å². The molecule has 15 heavy (non-hydrogen) atoms. The summed E-state index contributed by atoms with van der Waals surface area (Å²) >= 11 is 0. The smallest absolute Gasteiger partial charge is 0.0961 e. The van der Waals surface area contributed by atoms with Gasteiger partial charge in [0.2, 0.25) is 0 Å². The van der Waals surface area contributed by atoms with Crippen molar-refractivity contribution in [3.8, 4) is 0 Å². The zero-order chi connectivity index (χ0) is 10.8. The molecule has 2 rings (SSSR count). The molecule has 0 spiro atoms. The minimum Gasteiger partial charge on any atom is -0.394 e. The van der Waals surface area contributed by atoms with E-state index in [0.717, 1.165) is 11.0 Å². The molecule has 0 radical (unpaired) electrons. The fraction of sp³-hybridized carbons (Fsp3) is 0.417. The molecule has 0 aliphatic carbocycles. The summed E-state index contributed by atoms with van der Waals surface area (Å²) in [6.45, 7) is 4.36. The van der Waals surface area contributed by atoms with Crippen molar-refractivity contribution in [3.05, 3.63) is 30.6 Å². The van der Waals surface area contributed by atoms with Crippen LogP contribution in [0.4, 0.5) is 0 Å². The maximum atomic E-state index is 9.38. The van der Waals surface area contributed by atoms with E-state index in [0.29, 0.717) is 5.92 Å². The van der Waals surface area contributed by atoms with Gasteiger partial charge in [-0.3, -0.25) is 0 Å². The average Bonchev–Trinajstić information content (AvgIpc) is 2.63. The molecule has 0 aliphatic rings. The van der Waals surface area contributed by atoms with Gasteiger partial charge in [-0.15, -0.1) is 0 Å². The number of nitrogens with zero attached hydrogens (tertiary/aromatic N) is 2. The van der Waals surface area contributed by atoms with Crippen molar-refractivity contribution in [3.63, 3.8) is 0 Å². The van der Waals surface area contributed by atoms with Gasteiger partial charge in [0.05, 0.1) is 30.0 Å². The number of para-hydroxylation sites is 2. The minimum absolute atomic E-state index is 0.109. The summed E-state index contributed by atoms with van der Waals surface area (Å²) in [7, 11) is 0. The standard InChI is InChI=1S/C12H16N2O/c1-9(2)12(7-15)14-8-13-10-5-3-4-6-11(10)14/h3-6,8-9,12,15H,7H2,1-2H3/t12-/m1/s1. The van der Waals surface area contributed by atoms with E-state index in [2.05, 4.69) is 23.4 Å². The third kappa shape index (κ3) is 1.75. The Balaban J connectivity index is 2.51. The molecule has 1 aromatic heterocycles. The largest absolute Gasteiger partial charge is 0.394 e. The Morgan fingerprint density at radius 1 is 1.33 bits per heavy atom. The summed E-state index contributed by atoms with van der Waals surface area (Å²) in [6, 6.07) is 8.10. The van der Waals surface area contributed by atoms with Crippen molar-refractivity contribution >= 4 is 11.0 Å². The molecular formula is C12H16N2O. The van der Waals surface area contributed by atoms with Gasteiger partial charge < -0.3 is 9.67 Å². The van der Waals surface area contributed by atoms with E-state index in [1.165, 1.54) is 0 Å². The Hall–Kier alpha value is -1.35. The first kappa shape index (κ1) is 10.2. The zero-order valence-electron chi connectivity index (χ0n) is 9.09. The monoisotopic (exact) mass is 204 g/mol. The number of hydrogen-bond donors (Lipinski definition) is 1. The molecule has 1 atom stereocenters. The Kier molecular flexibility index (Phi) is 2.73. The van der Waals surface area contributed by atoms with E-state index < -0.39 is 0 Å². The van der Waals surface area contributed by atoms with Crippen LogP contribution in [0, 0.1) is 5.92 Å². The number of aliphatic hydroxyl groups excluding tert-OH is 1. The van der Waals surface area contributed by atoms with E-state index in [-0.39, 0.29) is 12.6 Å². The molecule has 0 unspecified atom stereocenters. The van der Waals surface area contributed by atoms with Gasteiger partial charge in [-0.1, -0.05) is 26.0 Å².